The van der Waals surface area contributed by atoms with Gasteiger partial charge >= 0.3 is 5.97 Å². The minimum atomic E-state index is -1.14. The lowest BCUT2D eigenvalue weighted by molar-refractivity contribution is -0.163. The van der Waals surface area contributed by atoms with E-state index in [0.29, 0.717) is 15.6 Å². The van der Waals surface area contributed by atoms with Crippen LogP contribution in [0, 0.1) is 11.8 Å². The van der Waals surface area contributed by atoms with Crippen LogP contribution in [0.15, 0.2) is 21.4 Å². The first kappa shape index (κ1) is 18.1. The first-order chi connectivity index (χ1) is 11.9. The van der Waals surface area contributed by atoms with Gasteiger partial charge in [0.15, 0.2) is 0 Å². The van der Waals surface area contributed by atoms with Crippen LogP contribution in [0.5, 0.6) is 0 Å². The third-order valence-electron chi connectivity index (χ3n) is 4.45. The zero-order valence-electron chi connectivity index (χ0n) is 13.6. The number of carboxylic acid groups (broad SMARTS) is 1. The molecular formula is C16H18N2O5S2. The molecule has 2 aliphatic heterocycles. The SMILES string of the molecule is C[C@@H](O)[C@H]1C(=O)N2C(C(=O)O)=C(S/C=C\c3nc(CO)cs3)[C@H](C)[C@@H]12. The van der Waals surface area contributed by atoms with Crippen molar-refractivity contribution < 1.29 is 24.9 Å². The molecule has 134 valence electrons. The Bertz CT molecular complexity index is 770. The van der Waals surface area contributed by atoms with Gasteiger partial charge in [-0.1, -0.05) is 18.7 Å². The number of thiazole rings is 1. The summed E-state index contributed by atoms with van der Waals surface area (Å²) in [5, 5.41) is 32.6. The lowest BCUT2D eigenvalue weighted by atomic mass is 9.79. The molecule has 3 rings (SSSR count). The molecule has 0 spiro atoms. The molecule has 2 aliphatic rings. The van der Waals surface area contributed by atoms with Gasteiger partial charge in [0, 0.05) is 16.2 Å². The van der Waals surface area contributed by atoms with Crippen molar-refractivity contribution in [1.82, 2.24) is 9.88 Å². The largest absolute Gasteiger partial charge is 0.477 e. The molecule has 25 heavy (non-hydrogen) atoms. The lowest BCUT2D eigenvalue weighted by Gasteiger charge is -2.46. The maximum Gasteiger partial charge on any atom is 0.353 e. The second-order valence-electron chi connectivity index (χ2n) is 6.03. The maximum atomic E-state index is 12.2. The van der Waals surface area contributed by atoms with E-state index in [0.717, 1.165) is 0 Å². The molecule has 0 unspecified atom stereocenters. The summed E-state index contributed by atoms with van der Waals surface area (Å²) in [6, 6.07) is -0.310. The van der Waals surface area contributed by atoms with Crippen molar-refractivity contribution in [3.8, 4) is 0 Å². The van der Waals surface area contributed by atoms with Gasteiger partial charge in [-0.05, 0) is 18.4 Å². The number of hydrogen-bond donors (Lipinski definition) is 3. The summed E-state index contributed by atoms with van der Waals surface area (Å²) in [5.41, 5.74) is 0.591. The Morgan fingerprint density at radius 1 is 1.56 bits per heavy atom. The summed E-state index contributed by atoms with van der Waals surface area (Å²) in [6.07, 6.45) is 0.940. The number of amides is 1. The Kier molecular flexibility index (Phi) is 5.01. The summed E-state index contributed by atoms with van der Waals surface area (Å²) in [4.78, 5) is 30.0. The van der Waals surface area contributed by atoms with Gasteiger partial charge in [0.25, 0.3) is 0 Å². The highest BCUT2D eigenvalue weighted by Crippen LogP contribution is 2.50. The van der Waals surface area contributed by atoms with Crippen LogP contribution in [0.2, 0.25) is 0 Å². The number of carbonyl (C=O) groups is 2. The maximum absolute atomic E-state index is 12.2. The average molecular weight is 382 g/mol. The number of aliphatic carboxylic acids is 1. The number of aliphatic hydroxyl groups excluding tert-OH is 2. The molecule has 0 bridgehead atoms. The fourth-order valence-electron chi connectivity index (χ4n) is 3.32. The van der Waals surface area contributed by atoms with Gasteiger partial charge in [-0.15, -0.1) is 11.3 Å². The first-order valence-corrected chi connectivity index (χ1v) is 9.49. The molecule has 3 heterocycles. The van der Waals surface area contributed by atoms with Crippen molar-refractivity contribution in [3.05, 3.63) is 32.1 Å². The number of rotatable bonds is 6. The van der Waals surface area contributed by atoms with E-state index < -0.39 is 18.0 Å². The van der Waals surface area contributed by atoms with Crippen LogP contribution in [0.25, 0.3) is 6.08 Å². The van der Waals surface area contributed by atoms with Crippen molar-refractivity contribution in [3.63, 3.8) is 0 Å². The summed E-state index contributed by atoms with van der Waals surface area (Å²) >= 11 is 2.63. The van der Waals surface area contributed by atoms with Crippen molar-refractivity contribution >= 4 is 41.1 Å². The van der Waals surface area contributed by atoms with Gasteiger partial charge in [-0.2, -0.15) is 0 Å². The number of β-lactam (4-membered cyclic amide) rings is 1. The third-order valence-corrected chi connectivity index (χ3v) is 6.40. The molecule has 0 radical (unpaired) electrons. The topological polar surface area (TPSA) is 111 Å². The van der Waals surface area contributed by atoms with E-state index in [9.17, 15) is 19.8 Å². The number of nitrogens with zero attached hydrogens (tertiary/aromatic N) is 2. The summed E-state index contributed by atoms with van der Waals surface area (Å²) < 4.78 is 0. The molecule has 3 N–H and O–H groups in total. The Hall–Kier alpha value is -1.68. The van der Waals surface area contributed by atoms with Crippen LogP contribution in [0.1, 0.15) is 24.5 Å². The second kappa shape index (κ2) is 6.91. The monoisotopic (exact) mass is 382 g/mol. The number of carbonyl (C=O) groups excluding carboxylic acids is 1. The van der Waals surface area contributed by atoms with E-state index >= 15 is 0 Å². The molecule has 1 saturated heterocycles. The number of fused-ring (bicyclic) bond motifs is 1. The van der Waals surface area contributed by atoms with Crippen LogP contribution < -0.4 is 0 Å². The Morgan fingerprint density at radius 3 is 2.84 bits per heavy atom. The molecule has 9 heteroatoms. The van der Waals surface area contributed by atoms with Crippen LogP contribution in [-0.4, -0.2) is 49.2 Å². The zero-order chi connectivity index (χ0) is 18.3. The Balaban J connectivity index is 1.81. The number of aromatic nitrogens is 1. The van der Waals surface area contributed by atoms with E-state index in [-0.39, 0.29) is 30.2 Å². The smallest absolute Gasteiger partial charge is 0.353 e. The van der Waals surface area contributed by atoms with Crippen molar-refractivity contribution in [2.24, 2.45) is 11.8 Å². The second-order valence-corrected chi connectivity index (χ2v) is 7.87. The molecule has 4 atom stereocenters. The molecule has 1 aromatic heterocycles. The highest BCUT2D eigenvalue weighted by atomic mass is 32.2. The van der Waals surface area contributed by atoms with E-state index in [1.165, 1.54) is 28.0 Å². The van der Waals surface area contributed by atoms with Gasteiger partial charge in [0.2, 0.25) is 5.91 Å². The summed E-state index contributed by atoms with van der Waals surface area (Å²) in [6.45, 7) is 3.31. The van der Waals surface area contributed by atoms with E-state index in [4.69, 9.17) is 5.11 Å². The number of hydrogen-bond acceptors (Lipinski definition) is 7. The standard InChI is InChI=1S/C16H18N2O5S2/c1-7-12-11(8(2)20)15(21)18(12)13(16(22)23)14(7)24-4-3-10-17-9(5-19)6-25-10/h3-4,6-8,11-12,19-20H,5H2,1-2H3,(H,22,23)/b4-3-/t7-,8-,11-,12+/m1/s1. The van der Waals surface area contributed by atoms with Crippen molar-refractivity contribution in [1.29, 1.82) is 0 Å². The predicted molar refractivity (Wildman–Crippen MR) is 94.3 cm³/mol. The fraction of sp³-hybridized carbons (Fsp3) is 0.438. The normalized spacial score (nSPS) is 27.0. The van der Waals surface area contributed by atoms with Crippen LogP contribution in [-0.2, 0) is 16.2 Å². The van der Waals surface area contributed by atoms with Crippen molar-refractivity contribution in [2.75, 3.05) is 0 Å². The number of carboxylic acids is 1. The van der Waals surface area contributed by atoms with E-state index in [1.54, 1.807) is 23.8 Å². The number of aliphatic hydroxyl groups is 2. The van der Waals surface area contributed by atoms with Gasteiger partial charge in [-0.3, -0.25) is 4.79 Å². The first-order valence-electron chi connectivity index (χ1n) is 7.73. The molecular weight excluding hydrogens is 364 g/mol. The van der Waals surface area contributed by atoms with E-state index in [1.807, 2.05) is 6.92 Å². The highest BCUT2D eigenvalue weighted by molar-refractivity contribution is 8.06. The van der Waals surface area contributed by atoms with Gasteiger partial charge in [0.05, 0.1) is 30.4 Å². The molecule has 0 saturated carbocycles. The summed E-state index contributed by atoms with van der Waals surface area (Å²) in [7, 11) is 0. The van der Waals surface area contributed by atoms with Crippen LogP contribution in [0.4, 0.5) is 0 Å². The van der Waals surface area contributed by atoms with Gasteiger partial charge < -0.3 is 20.2 Å². The molecule has 1 aromatic rings. The molecule has 0 aromatic carbocycles. The Labute approximate surface area is 152 Å². The zero-order valence-corrected chi connectivity index (χ0v) is 15.3. The van der Waals surface area contributed by atoms with Crippen molar-refractivity contribution in [2.45, 2.75) is 32.6 Å². The molecule has 0 aliphatic carbocycles. The van der Waals surface area contributed by atoms with Crippen LogP contribution in [0.3, 0.4) is 0 Å². The fourth-order valence-corrected chi connectivity index (χ4v) is 5.10. The van der Waals surface area contributed by atoms with E-state index in [2.05, 4.69) is 4.98 Å². The molecule has 7 nitrogen and oxygen atoms in total. The minimum absolute atomic E-state index is 0.00392. The predicted octanol–water partition coefficient (Wildman–Crippen LogP) is 1.49. The molecule has 1 fully saturated rings. The summed E-state index contributed by atoms with van der Waals surface area (Å²) in [5.74, 6) is -2.20. The lowest BCUT2D eigenvalue weighted by Crippen LogP contribution is -2.63. The van der Waals surface area contributed by atoms with Gasteiger partial charge in [0.1, 0.15) is 10.7 Å². The van der Waals surface area contributed by atoms with Crippen LogP contribution >= 0.6 is 23.1 Å². The van der Waals surface area contributed by atoms with Gasteiger partial charge in [-0.25, -0.2) is 9.78 Å². The Morgan fingerprint density at radius 2 is 2.28 bits per heavy atom. The number of thioether (sulfide) groups is 1. The minimum Gasteiger partial charge on any atom is -0.477 e. The third kappa shape index (κ3) is 3.01. The highest BCUT2D eigenvalue weighted by Gasteiger charge is 2.59. The average Bonchev–Trinajstić information content (AvgIpc) is 3.09. The molecule has 1 amide bonds. The quantitative estimate of drug-likeness (QED) is 0.639.